The lowest BCUT2D eigenvalue weighted by atomic mass is 10.1. The summed E-state index contributed by atoms with van der Waals surface area (Å²) in [5.74, 6) is 7.01. The van der Waals surface area contributed by atoms with Gasteiger partial charge >= 0.3 is 0 Å². The van der Waals surface area contributed by atoms with Crippen molar-refractivity contribution in [3.05, 3.63) is 29.3 Å². The molecule has 1 amide bonds. The molecule has 100 valence electrons. The summed E-state index contributed by atoms with van der Waals surface area (Å²) in [7, 11) is 0. The average Bonchev–Trinajstić information content (AvgIpc) is 2.89. The molecule has 1 saturated heterocycles. The molecule has 1 aliphatic heterocycles. The van der Waals surface area contributed by atoms with Crippen LogP contribution in [0.25, 0.3) is 0 Å². The van der Waals surface area contributed by atoms with Crippen molar-refractivity contribution >= 4 is 23.4 Å². The first kappa shape index (κ1) is 14.0. The Bertz CT molecular complexity index is 525. The molecule has 1 fully saturated rings. The molecule has 1 unspecified atom stereocenters. The van der Waals surface area contributed by atoms with Crippen LogP contribution in [-0.2, 0) is 4.79 Å². The van der Waals surface area contributed by atoms with Gasteiger partial charge in [-0.3, -0.25) is 4.79 Å². The van der Waals surface area contributed by atoms with Crippen LogP contribution in [0.1, 0.15) is 24.0 Å². The highest BCUT2D eigenvalue weighted by atomic mass is 32.2. The van der Waals surface area contributed by atoms with Crippen LogP contribution in [0, 0.1) is 18.8 Å². The number of rotatable bonds is 2. The third-order valence-electron chi connectivity index (χ3n) is 2.90. The van der Waals surface area contributed by atoms with E-state index in [9.17, 15) is 4.79 Å². The second kappa shape index (κ2) is 6.65. The van der Waals surface area contributed by atoms with E-state index in [4.69, 9.17) is 5.73 Å². The van der Waals surface area contributed by atoms with Crippen molar-refractivity contribution in [3.8, 4) is 11.8 Å². The second-order valence-corrected chi connectivity index (χ2v) is 5.90. The third-order valence-corrected chi connectivity index (χ3v) is 4.28. The number of thioether (sulfide) groups is 1. The topological polar surface area (TPSA) is 55.1 Å². The van der Waals surface area contributed by atoms with E-state index in [1.54, 1.807) is 11.8 Å². The Morgan fingerprint density at radius 3 is 3.05 bits per heavy atom. The smallest absolute Gasteiger partial charge is 0.237 e. The summed E-state index contributed by atoms with van der Waals surface area (Å²) < 4.78 is 0. The van der Waals surface area contributed by atoms with E-state index >= 15 is 0 Å². The van der Waals surface area contributed by atoms with Crippen molar-refractivity contribution in [1.29, 1.82) is 0 Å². The molecule has 1 heterocycles. The number of amides is 1. The monoisotopic (exact) mass is 274 g/mol. The molecule has 0 bridgehead atoms. The molecule has 2 rings (SSSR count). The van der Waals surface area contributed by atoms with E-state index in [1.165, 1.54) is 0 Å². The van der Waals surface area contributed by atoms with E-state index in [2.05, 4.69) is 17.2 Å². The van der Waals surface area contributed by atoms with Crippen LogP contribution in [-0.4, -0.2) is 23.5 Å². The summed E-state index contributed by atoms with van der Waals surface area (Å²) >= 11 is 1.74. The van der Waals surface area contributed by atoms with Crippen molar-refractivity contribution in [2.75, 3.05) is 17.6 Å². The number of anilines is 1. The maximum absolute atomic E-state index is 12.1. The quantitative estimate of drug-likeness (QED) is 0.812. The van der Waals surface area contributed by atoms with Crippen LogP contribution in [0.5, 0.6) is 0 Å². The fraction of sp³-hybridized carbons (Fsp3) is 0.400. The van der Waals surface area contributed by atoms with Gasteiger partial charge in [0, 0.05) is 11.3 Å². The van der Waals surface area contributed by atoms with Gasteiger partial charge < -0.3 is 11.1 Å². The van der Waals surface area contributed by atoms with Crippen molar-refractivity contribution in [2.24, 2.45) is 5.73 Å². The van der Waals surface area contributed by atoms with Gasteiger partial charge in [0.15, 0.2) is 0 Å². The van der Waals surface area contributed by atoms with Crippen LogP contribution < -0.4 is 11.1 Å². The molecule has 19 heavy (non-hydrogen) atoms. The number of aryl methyl sites for hydroxylation is 1. The Kier molecular flexibility index (Phi) is 4.89. The largest absolute Gasteiger partial charge is 0.325 e. The SMILES string of the molecule is Cc1cc(C#CCN)cc(NC(=O)C2CCCS2)c1. The van der Waals surface area contributed by atoms with E-state index in [0.29, 0.717) is 6.54 Å². The van der Waals surface area contributed by atoms with Crippen molar-refractivity contribution in [1.82, 2.24) is 0 Å². The van der Waals surface area contributed by atoms with Crippen molar-refractivity contribution in [2.45, 2.75) is 25.0 Å². The summed E-state index contributed by atoms with van der Waals surface area (Å²) in [4.78, 5) is 12.1. The maximum atomic E-state index is 12.1. The number of carbonyl (C=O) groups excluding carboxylic acids is 1. The highest BCUT2D eigenvalue weighted by Crippen LogP contribution is 2.27. The zero-order valence-electron chi connectivity index (χ0n) is 11.0. The van der Waals surface area contributed by atoms with Crippen molar-refractivity contribution < 1.29 is 4.79 Å². The summed E-state index contributed by atoms with van der Waals surface area (Å²) in [5, 5.41) is 3.08. The number of benzene rings is 1. The van der Waals surface area contributed by atoms with Gasteiger partial charge in [0.2, 0.25) is 5.91 Å². The minimum absolute atomic E-state index is 0.0964. The number of hydrogen-bond donors (Lipinski definition) is 2. The predicted octanol–water partition coefficient (Wildman–Crippen LogP) is 2.14. The minimum atomic E-state index is 0.0964. The summed E-state index contributed by atoms with van der Waals surface area (Å²) in [6.07, 6.45) is 2.10. The molecule has 3 nitrogen and oxygen atoms in total. The van der Waals surface area contributed by atoms with Crippen LogP contribution in [0.15, 0.2) is 18.2 Å². The van der Waals surface area contributed by atoms with Gasteiger partial charge in [0.1, 0.15) is 0 Å². The molecule has 0 saturated carbocycles. The van der Waals surface area contributed by atoms with E-state index in [0.717, 1.165) is 35.4 Å². The number of carbonyl (C=O) groups is 1. The molecule has 1 aromatic carbocycles. The fourth-order valence-electron chi connectivity index (χ4n) is 2.09. The second-order valence-electron chi connectivity index (χ2n) is 4.58. The molecular formula is C15H18N2OS. The van der Waals surface area contributed by atoms with Gasteiger partial charge in [-0.2, -0.15) is 0 Å². The normalized spacial score (nSPS) is 17.7. The number of hydrogen-bond acceptors (Lipinski definition) is 3. The summed E-state index contributed by atoms with van der Waals surface area (Å²) in [6, 6.07) is 5.85. The van der Waals surface area contributed by atoms with Gasteiger partial charge in [-0.05, 0) is 49.3 Å². The van der Waals surface area contributed by atoms with Crippen LogP contribution in [0.2, 0.25) is 0 Å². The van der Waals surface area contributed by atoms with E-state index in [-0.39, 0.29) is 11.2 Å². The Balaban J connectivity index is 2.10. The first-order valence-corrected chi connectivity index (χ1v) is 7.47. The summed E-state index contributed by atoms with van der Waals surface area (Å²) in [6.45, 7) is 2.34. The molecule has 1 atom stereocenters. The minimum Gasteiger partial charge on any atom is -0.325 e. The molecule has 1 aromatic rings. The molecule has 0 aromatic heterocycles. The van der Waals surface area contributed by atoms with Gasteiger partial charge in [0.25, 0.3) is 0 Å². The zero-order valence-corrected chi connectivity index (χ0v) is 11.8. The molecule has 0 aliphatic carbocycles. The van der Waals surface area contributed by atoms with Crippen LogP contribution in [0.3, 0.4) is 0 Å². The molecule has 0 spiro atoms. The van der Waals surface area contributed by atoms with Gasteiger partial charge in [-0.15, -0.1) is 11.8 Å². The third kappa shape index (κ3) is 4.02. The molecule has 4 heteroatoms. The molecular weight excluding hydrogens is 256 g/mol. The Morgan fingerprint density at radius 1 is 1.53 bits per heavy atom. The van der Waals surface area contributed by atoms with Gasteiger partial charge in [0.05, 0.1) is 11.8 Å². The van der Waals surface area contributed by atoms with Gasteiger partial charge in [-0.1, -0.05) is 11.8 Å². The summed E-state index contributed by atoms with van der Waals surface area (Å²) in [5.41, 5.74) is 8.16. The lowest BCUT2D eigenvalue weighted by Gasteiger charge is -2.11. The van der Waals surface area contributed by atoms with Crippen LogP contribution >= 0.6 is 11.8 Å². The van der Waals surface area contributed by atoms with Crippen molar-refractivity contribution in [3.63, 3.8) is 0 Å². The highest BCUT2D eigenvalue weighted by molar-refractivity contribution is 8.00. The lowest BCUT2D eigenvalue weighted by molar-refractivity contribution is -0.115. The molecule has 3 N–H and O–H groups in total. The fourth-order valence-corrected chi connectivity index (χ4v) is 3.25. The standard InChI is InChI=1S/C15H18N2OS/c1-11-8-12(4-2-6-16)10-13(9-11)17-15(18)14-5-3-7-19-14/h8-10,14H,3,5-7,16H2,1H3,(H,17,18). The highest BCUT2D eigenvalue weighted by Gasteiger charge is 2.23. The lowest BCUT2D eigenvalue weighted by Crippen LogP contribution is -2.22. The van der Waals surface area contributed by atoms with E-state index < -0.39 is 0 Å². The Morgan fingerprint density at radius 2 is 2.37 bits per heavy atom. The molecule has 1 aliphatic rings. The van der Waals surface area contributed by atoms with E-state index in [1.807, 2.05) is 25.1 Å². The van der Waals surface area contributed by atoms with Crippen LogP contribution in [0.4, 0.5) is 5.69 Å². The Hall–Kier alpha value is -1.44. The number of nitrogens with one attached hydrogen (secondary N) is 1. The molecule has 0 radical (unpaired) electrons. The first-order valence-electron chi connectivity index (χ1n) is 6.42. The number of nitrogens with two attached hydrogens (primary N) is 1. The first-order chi connectivity index (χ1) is 9.19. The Labute approximate surface area is 118 Å². The van der Waals surface area contributed by atoms with Gasteiger partial charge in [-0.25, -0.2) is 0 Å². The maximum Gasteiger partial charge on any atom is 0.237 e. The predicted molar refractivity (Wildman–Crippen MR) is 81.2 cm³/mol. The average molecular weight is 274 g/mol. The zero-order chi connectivity index (χ0) is 13.7.